The fourth-order valence-corrected chi connectivity index (χ4v) is 2.94. The largest absolute Gasteiger partial charge is 0.451 e. The zero-order valence-electron chi connectivity index (χ0n) is 16.0. The first-order valence-corrected chi connectivity index (χ1v) is 9.09. The number of hydrogen-bond donors (Lipinski definition) is 2. The van der Waals surface area contributed by atoms with E-state index in [-0.39, 0.29) is 29.9 Å². The lowest BCUT2D eigenvalue weighted by Crippen LogP contribution is -2.33. The Morgan fingerprint density at radius 1 is 1.23 bits per heavy atom. The number of carbonyl (C=O) groups is 1. The minimum absolute atomic E-state index is 0. The van der Waals surface area contributed by atoms with Crippen molar-refractivity contribution < 1.29 is 22.7 Å². The van der Waals surface area contributed by atoms with Crippen molar-refractivity contribution in [3.63, 3.8) is 0 Å². The van der Waals surface area contributed by atoms with Gasteiger partial charge in [0.25, 0.3) is 5.91 Å². The molecule has 2 aromatic heterocycles. The predicted molar refractivity (Wildman–Crippen MR) is 107 cm³/mol. The van der Waals surface area contributed by atoms with Gasteiger partial charge in [-0.25, -0.2) is 14.6 Å². The van der Waals surface area contributed by atoms with Gasteiger partial charge in [-0.05, 0) is 17.7 Å². The molecular weight excluding hydrogens is 437 g/mol. The van der Waals surface area contributed by atoms with Crippen LogP contribution in [0.15, 0.2) is 48.9 Å². The van der Waals surface area contributed by atoms with Crippen LogP contribution in [0.3, 0.4) is 0 Å². The summed E-state index contributed by atoms with van der Waals surface area (Å²) in [6.45, 7) is 2.19. The van der Waals surface area contributed by atoms with Crippen molar-refractivity contribution in [3.8, 4) is 5.82 Å². The second-order valence-corrected chi connectivity index (χ2v) is 6.55. The van der Waals surface area contributed by atoms with Crippen LogP contribution in [0.25, 0.3) is 5.82 Å². The van der Waals surface area contributed by atoms with E-state index in [0.717, 1.165) is 29.5 Å². The summed E-state index contributed by atoms with van der Waals surface area (Å²) in [5.74, 6) is -1.82. The van der Waals surface area contributed by atoms with Crippen molar-refractivity contribution in [2.24, 2.45) is 0 Å². The molecule has 0 spiro atoms. The lowest BCUT2D eigenvalue weighted by molar-refractivity contribution is -0.145. The van der Waals surface area contributed by atoms with Gasteiger partial charge in [-0.3, -0.25) is 4.79 Å². The minimum atomic E-state index is -4.67. The normalized spacial score (nSPS) is 16.4. The highest BCUT2D eigenvalue weighted by Gasteiger charge is 2.34. The summed E-state index contributed by atoms with van der Waals surface area (Å²) >= 11 is 0. The van der Waals surface area contributed by atoms with E-state index in [1.807, 2.05) is 12.1 Å². The Kier molecular flexibility index (Phi) is 6.88. The molecule has 0 bridgehead atoms. The lowest BCUT2D eigenvalue weighted by atomic mass is 10.1. The molecule has 1 aliphatic rings. The van der Waals surface area contributed by atoms with Crippen molar-refractivity contribution >= 4 is 24.0 Å². The second kappa shape index (κ2) is 9.41. The molecule has 2 N–H and O–H groups in total. The molecule has 0 saturated carbocycles. The molecule has 8 nitrogen and oxygen atoms in total. The van der Waals surface area contributed by atoms with Crippen LogP contribution in [-0.2, 0) is 10.9 Å². The van der Waals surface area contributed by atoms with Gasteiger partial charge in [-0.2, -0.15) is 18.3 Å². The van der Waals surface area contributed by atoms with E-state index in [1.54, 1.807) is 12.1 Å². The number of rotatable bonds is 4. The first-order chi connectivity index (χ1) is 14.4. The summed E-state index contributed by atoms with van der Waals surface area (Å²) < 4.78 is 45.1. The van der Waals surface area contributed by atoms with Gasteiger partial charge in [0.1, 0.15) is 0 Å². The number of nitrogens with zero attached hydrogens (tertiary/aromatic N) is 4. The molecule has 1 unspecified atom stereocenters. The van der Waals surface area contributed by atoms with Crippen molar-refractivity contribution in [1.29, 1.82) is 0 Å². The van der Waals surface area contributed by atoms with E-state index >= 15 is 0 Å². The highest BCUT2D eigenvalue weighted by molar-refractivity contribution is 6.03. The molecule has 1 aliphatic heterocycles. The number of alkyl halides is 3. The predicted octanol–water partition coefficient (Wildman–Crippen LogP) is 3.02. The standard InChI is InChI=1S/C19H17F3N6O2.ClH/c20-19(21,22)18-24-6-5-16(27-18)28-11-13(9-25-28)17(29)26-14-3-1-12(2-4-14)15-10-23-7-8-30-15;/h1-6,9,11,15,23H,7-8,10H2,(H,26,29);1H. The second-order valence-electron chi connectivity index (χ2n) is 6.55. The highest BCUT2D eigenvalue weighted by Crippen LogP contribution is 2.26. The molecule has 1 atom stereocenters. The monoisotopic (exact) mass is 454 g/mol. The van der Waals surface area contributed by atoms with Gasteiger partial charge < -0.3 is 15.4 Å². The first kappa shape index (κ1) is 22.7. The van der Waals surface area contributed by atoms with Crippen LogP contribution < -0.4 is 10.6 Å². The third kappa shape index (κ3) is 5.37. The van der Waals surface area contributed by atoms with Crippen LogP contribution in [-0.4, -0.2) is 45.4 Å². The molecule has 31 heavy (non-hydrogen) atoms. The maximum atomic E-state index is 12.8. The molecule has 0 aliphatic carbocycles. The van der Waals surface area contributed by atoms with E-state index in [9.17, 15) is 18.0 Å². The van der Waals surface area contributed by atoms with Gasteiger partial charge in [0.05, 0.1) is 24.5 Å². The Hall–Kier alpha value is -3.02. The van der Waals surface area contributed by atoms with E-state index in [0.29, 0.717) is 12.3 Å². The fraction of sp³-hybridized carbons (Fsp3) is 0.263. The van der Waals surface area contributed by atoms with Gasteiger partial charge in [-0.1, -0.05) is 12.1 Å². The topological polar surface area (TPSA) is 94.0 Å². The maximum absolute atomic E-state index is 12.8. The summed E-state index contributed by atoms with van der Waals surface area (Å²) in [7, 11) is 0. The zero-order chi connectivity index (χ0) is 21.1. The van der Waals surface area contributed by atoms with Crippen LogP contribution >= 0.6 is 12.4 Å². The smallest absolute Gasteiger partial charge is 0.371 e. The number of morpholine rings is 1. The number of nitrogens with one attached hydrogen (secondary N) is 2. The van der Waals surface area contributed by atoms with Crippen LogP contribution in [0, 0.1) is 0 Å². The van der Waals surface area contributed by atoms with E-state index in [1.165, 1.54) is 18.5 Å². The van der Waals surface area contributed by atoms with E-state index < -0.39 is 17.9 Å². The van der Waals surface area contributed by atoms with Gasteiger partial charge in [0, 0.05) is 37.2 Å². The van der Waals surface area contributed by atoms with Crippen molar-refractivity contribution in [1.82, 2.24) is 25.1 Å². The molecule has 1 aromatic carbocycles. The average Bonchev–Trinajstić information content (AvgIpc) is 3.25. The Balaban J connectivity index is 0.00000272. The number of hydrogen-bond acceptors (Lipinski definition) is 6. The molecule has 3 heterocycles. The molecule has 3 aromatic rings. The van der Waals surface area contributed by atoms with E-state index in [2.05, 4.69) is 25.7 Å². The number of amides is 1. The summed E-state index contributed by atoms with van der Waals surface area (Å²) in [4.78, 5) is 19.1. The number of ether oxygens (including phenoxy) is 1. The van der Waals surface area contributed by atoms with Crippen LogP contribution in [0.2, 0.25) is 0 Å². The fourth-order valence-electron chi connectivity index (χ4n) is 2.94. The Morgan fingerprint density at radius 3 is 2.68 bits per heavy atom. The van der Waals surface area contributed by atoms with Gasteiger partial charge in [0.15, 0.2) is 5.82 Å². The molecule has 1 fully saturated rings. The molecule has 0 radical (unpaired) electrons. The van der Waals surface area contributed by atoms with Crippen LogP contribution in [0.1, 0.15) is 27.8 Å². The third-order valence-corrected chi connectivity index (χ3v) is 4.44. The van der Waals surface area contributed by atoms with Crippen LogP contribution in [0.4, 0.5) is 18.9 Å². The highest BCUT2D eigenvalue weighted by atomic mass is 35.5. The molecule has 1 saturated heterocycles. The third-order valence-electron chi connectivity index (χ3n) is 4.44. The summed E-state index contributed by atoms with van der Waals surface area (Å²) in [6.07, 6.45) is -1.17. The lowest BCUT2D eigenvalue weighted by Gasteiger charge is -2.24. The van der Waals surface area contributed by atoms with Gasteiger partial charge in [-0.15, -0.1) is 12.4 Å². The number of halogens is 4. The zero-order valence-corrected chi connectivity index (χ0v) is 16.8. The van der Waals surface area contributed by atoms with Crippen molar-refractivity contribution in [2.75, 3.05) is 25.0 Å². The summed E-state index contributed by atoms with van der Waals surface area (Å²) in [6, 6.07) is 8.53. The quantitative estimate of drug-likeness (QED) is 0.629. The first-order valence-electron chi connectivity index (χ1n) is 9.09. The van der Waals surface area contributed by atoms with Gasteiger partial charge in [0.2, 0.25) is 5.82 Å². The average molecular weight is 455 g/mol. The molecule has 12 heteroatoms. The molecular formula is C19H18ClF3N6O2. The molecule has 4 rings (SSSR count). The Labute approximate surface area is 181 Å². The summed E-state index contributed by atoms with van der Waals surface area (Å²) in [5, 5.41) is 9.90. The number of anilines is 1. The Morgan fingerprint density at radius 2 is 2.00 bits per heavy atom. The maximum Gasteiger partial charge on any atom is 0.451 e. The number of carbonyl (C=O) groups excluding carboxylic acids is 1. The molecule has 164 valence electrons. The van der Waals surface area contributed by atoms with Gasteiger partial charge >= 0.3 is 6.18 Å². The molecule has 1 amide bonds. The van der Waals surface area contributed by atoms with Crippen molar-refractivity contribution in [3.05, 3.63) is 65.9 Å². The van der Waals surface area contributed by atoms with Crippen LogP contribution in [0.5, 0.6) is 0 Å². The van der Waals surface area contributed by atoms with E-state index in [4.69, 9.17) is 4.74 Å². The number of benzene rings is 1. The summed E-state index contributed by atoms with van der Waals surface area (Å²) in [5.41, 5.74) is 1.74. The Bertz CT molecular complexity index is 1040. The number of aromatic nitrogens is 4. The van der Waals surface area contributed by atoms with Crippen molar-refractivity contribution in [2.45, 2.75) is 12.3 Å². The minimum Gasteiger partial charge on any atom is -0.371 e. The SMILES string of the molecule is Cl.O=C(Nc1ccc(C2CNCCO2)cc1)c1cnn(-c2ccnc(C(F)(F)F)n2)c1.